The number of aromatic nitrogens is 5. The van der Waals surface area contributed by atoms with Crippen molar-refractivity contribution < 1.29 is 4.79 Å². The third kappa shape index (κ3) is 2.42. The Morgan fingerprint density at radius 2 is 2.00 bits per heavy atom. The molecule has 1 aromatic carbocycles. The Bertz CT molecular complexity index is 686. The predicted octanol–water partition coefficient (Wildman–Crippen LogP) is 1.32. The average Bonchev–Trinajstić information content (AvgIpc) is 3.09. The van der Waals surface area contributed by atoms with Gasteiger partial charge in [0.1, 0.15) is 5.69 Å². The third-order valence-corrected chi connectivity index (χ3v) is 2.68. The Balaban J connectivity index is 1.80. The molecule has 0 fully saturated rings. The van der Waals surface area contributed by atoms with Crippen molar-refractivity contribution in [3.63, 3.8) is 0 Å². The van der Waals surface area contributed by atoms with Crippen molar-refractivity contribution in [3.8, 4) is 5.69 Å². The summed E-state index contributed by atoms with van der Waals surface area (Å²) in [4.78, 5) is 10.5. The Labute approximate surface area is 109 Å². The van der Waals surface area contributed by atoms with Crippen LogP contribution in [0.1, 0.15) is 16.1 Å². The topological polar surface area (TPSA) is 65.6 Å². The highest BCUT2D eigenvalue weighted by Gasteiger charge is 2.03. The zero-order valence-electron chi connectivity index (χ0n) is 10.0. The van der Waals surface area contributed by atoms with Crippen molar-refractivity contribution in [3.05, 3.63) is 60.2 Å². The first kappa shape index (κ1) is 11.3. The van der Waals surface area contributed by atoms with Crippen LogP contribution in [-0.2, 0) is 6.54 Å². The molecular weight excluding hydrogens is 242 g/mol. The summed E-state index contributed by atoms with van der Waals surface area (Å²) in [5.41, 5.74) is 2.32. The van der Waals surface area contributed by atoms with Crippen LogP contribution in [0, 0.1) is 0 Å². The van der Waals surface area contributed by atoms with Crippen LogP contribution < -0.4 is 0 Å². The largest absolute Gasteiger partial charge is 0.296 e. The van der Waals surface area contributed by atoms with Gasteiger partial charge in [0.25, 0.3) is 0 Å². The lowest BCUT2D eigenvalue weighted by Gasteiger charge is -1.99. The molecule has 0 saturated carbocycles. The number of carbonyl (C=O) groups is 1. The lowest BCUT2D eigenvalue weighted by Crippen LogP contribution is -1.99. The molecule has 0 atom stereocenters. The van der Waals surface area contributed by atoms with Crippen LogP contribution in [0.4, 0.5) is 0 Å². The summed E-state index contributed by atoms with van der Waals surface area (Å²) in [6, 6.07) is 9.85. The summed E-state index contributed by atoms with van der Waals surface area (Å²) in [6.07, 6.45) is 5.98. The van der Waals surface area contributed by atoms with Crippen molar-refractivity contribution in [1.82, 2.24) is 24.8 Å². The summed E-state index contributed by atoms with van der Waals surface area (Å²) in [6.45, 7) is 0.535. The SMILES string of the molecule is O=Cc1cn(Cc2cnn(-c3ccccc3)c2)nn1. The number of benzene rings is 1. The summed E-state index contributed by atoms with van der Waals surface area (Å²) in [7, 11) is 0. The van der Waals surface area contributed by atoms with Crippen LogP contribution in [0.2, 0.25) is 0 Å². The van der Waals surface area contributed by atoms with Crippen LogP contribution in [0.15, 0.2) is 48.9 Å². The highest BCUT2D eigenvalue weighted by atomic mass is 16.1. The second-order valence-corrected chi connectivity index (χ2v) is 4.09. The van der Waals surface area contributed by atoms with Crippen molar-refractivity contribution in [1.29, 1.82) is 0 Å². The zero-order valence-corrected chi connectivity index (χ0v) is 10.0. The zero-order chi connectivity index (χ0) is 13.1. The van der Waals surface area contributed by atoms with Gasteiger partial charge >= 0.3 is 0 Å². The van der Waals surface area contributed by atoms with E-state index in [-0.39, 0.29) is 0 Å². The molecule has 0 bridgehead atoms. The van der Waals surface area contributed by atoms with Gasteiger partial charge in [0.05, 0.1) is 24.6 Å². The Morgan fingerprint density at radius 3 is 2.74 bits per heavy atom. The summed E-state index contributed by atoms with van der Waals surface area (Å²) < 4.78 is 3.41. The number of hydrogen-bond acceptors (Lipinski definition) is 4. The Morgan fingerprint density at radius 1 is 1.16 bits per heavy atom. The molecule has 6 nitrogen and oxygen atoms in total. The van der Waals surface area contributed by atoms with Gasteiger partial charge in [-0.15, -0.1) is 5.10 Å². The van der Waals surface area contributed by atoms with E-state index in [4.69, 9.17) is 0 Å². The van der Waals surface area contributed by atoms with Crippen LogP contribution in [0.25, 0.3) is 5.69 Å². The van der Waals surface area contributed by atoms with E-state index in [9.17, 15) is 4.79 Å². The summed E-state index contributed by atoms with van der Waals surface area (Å²) >= 11 is 0. The number of aldehydes is 1. The van der Waals surface area contributed by atoms with E-state index < -0.39 is 0 Å². The predicted molar refractivity (Wildman–Crippen MR) is 68.1 cm³/mol. The molecule has 2 heterocycles. The maximum atomic E-state index is 10.5. The molecule has 94 valence electrons. The normalized spacial score (nSPS) is 10.5. The standard InChI is InChI=1S/C13H11N5O/c19-10-12-9-17(16-15-12)7-11-6-14-18(8-11)13-4-2-1-3-5-13/h1-6,8-10H,7H2. The molecule has 19 heavy (non-hydrogen) atoms. The number of hydrogen-bond donors (Lipinski definition) is 0. The van der Waals surface area contributed by atoms with Crippen LogP contribution in [0.5, 0.6) is 0 Å². The molecule has 3 rings (SSSR count). The first-order chi connectivity index (χ1) is 9.35. The Hall–Kier alpha value is -2.76. The van der Waals surface area contributed by atoms with Gasteiger partial charge in [-0.1, -0.05) is 23.4 Å². The van der Waals surface area contributed by atoms with Gasteiger partial charge in [-0.3, -0.25) is 4.79 Å². The van der Waals surface area contributed by atoms with Gasteiger partial charge < -0.3 is 0 Å². The molecule has 2 aromatic heterocycles. The molecule has 0 unspecified atom stereocenters. The molecule has 0 spiro atoms. The van der Waals surface area contributed by atoms with Crippen LogP contribution in [0.3, 0.4) is 0 Å². The third-order valence-electron chi connectivity index (χ3n) is 2.68. The number of carbonyl (C=O) groups excluding carboxylic acids is 1. The number of rotatable bonds is 4. The fraction of sp³-hybridized carbons (Fsp3) is 0.0769. The van der Waals surface area contributed by atoms with E-state index in [1.165, 1.54) is 0 Å². The molecule has 0 aliphatic carbocycles. The average molecular weight is 253 g/mol. The molecular formula is C13H11N5O. The van der Waals surface area contributed by atoms with Gasteiger partial charge in [0, 0.05) is 11.8 Å². The number of para-hydroxylation sites is 1. The molecule has 0 aliphatic rings. The van der Waals surface area contributed by atoms with E-state index in [1.807, 2.05) is 36.5 Å². The van der Waals surface area contributed by atoms with Crippen LogP contribution in [-0.4, -0.2) is 31.1 Å². The molecule has 0 radical (unpaired) electrons. The quantitative estimate of drug-likeness (QED) is 0.658. The molecule has 0 aliphatic heterocycles. The molecule has 6 heteroatoms. The van der Waals surface area contributed by atoms with Gasteiger partial charge in [-0.2, -0.15) is 5.10 Å². The smallest absolute Gasteiger partial charge is 0.171 e. The first-order valence-corrected chi connectivity index (χ1v) is 5.79. The fourth-order valence-electron chi connectivity index (χ4n) is 1.80. The Kier molecular flexibility index (Phi) is 2.89. The monoisotopic (exact) mass is 253 g/mol. The van der Waals surface area contributed by atoms with Gasteiger partial charge in [-0.25, -0.2) is 9.36 Å². The van der Waals surface area contributed by atoms with Crippen molar-refractivity contribution in [2.45, 2.75) is 6.54 Å². The van der Waals surface area contributed by atoms with Crippen molar-refractivity contribution >= 4 is 6.29 Å². The summed E-state index contributed by atoms with van der Waals surface area (Å²) in [5, 5.41) is 11.9. The maximum absolute atomic E-state index is 10.5. The second-order valence-electron chi connectivity index (χ2n) is 4.09. The highest BCUT2D eigenvalue weighted by Crippen LogP contribution is 2.08. The fourth-order valence-corrected chi connectivity index (χ4v) is 1.80. The van der Waals surface area contributed by atoms with E-state index in [0.717, 1.165) is 11.3 Å². The van der Waals surface area contributed by atoms with Gasteiger partial charge in [-0.05, 0) is 12.1 Å². The van der Waals surface area contributed by atoms with E-state index in [1.54, 1.807) is 21.8 Å². The van der Waals surface area contributed by atoms with E-state index in [0.29, 0.717) is 18.5 Å². The lowest BCUT2D eigenvalue weighted by atomic mass is 10.3. The molecule has 3 aromatic rings. The molecule has 0 N–H and O–H groups in total. The second kappa shape index (κ2) is 4.85. The van der Waals surface area contributed by atoms with Gasteiger partial charge in [0.2, 0.25) is 0 Å². The lowest BCUT2D eigenvalue weighted by molar-refractivity contribution is 0.111. The van der Waals surface area contributed by atoms with Crippen molar-refractivity contribution in [2.75, 3.05) is 0 Å². The van der Waals surface area contributed by atoms with Crippen molar-refractivity contribution in [2.24, 2.45) is 0 Å². The van der Waals surface area contributed by atoms with Gasteiger partial charge in [0.15, 0.2) is 6.29 Å². The minimum absolute atomic E-state index is 0.329. The molecule has 0 amide bonds. The van der Waals surface area contributed by atoms with E-state index >= 15 is 0 Å². The summed E-state index contributed by atoms with van der Waals surface area (Å²) in [5.74, 6) is 0. The number of nitrogens with zero attached hydrogens (tertiary/aromatic N) is 5. The van der Waals surface area contributed by atoms with Crippen LogP contribution >= 0.6 is 0 Å². The highest BCUT2D eigenvalue weighted by molar-refractivity contribution is 5.70. The maximum Gasteiger partial charge on any atom is 0.171 e. The van der Waals surface area contributed by atoms with E-state index in [2.05, 4.69) is 15.4 Å². The minimum Gasteiger partial charge on any atom is -0.296 e. The molecule has 0 saturated heterocycles. The first-order valence-electron chi connectivity index (χ1n) is 5.79. The minimum atomic E-state index is 0.329.